The number of aromatic nitrogens is 2. The number of nitrogens with one attached hydrogen (secondary N) is 1. The fraction of sp³-hybridized carbons (Fsp3) is 0.429. The molecule has 0 bridgehead atoms. The Morgan fingerprint density at radius 1 is 1.26 bits per heavy atom. The third-order valence-electron chi connectivity index (χ3n) is 3.47. The molecule has 1 aromatic carbocycles. The lowest BCUT2D eigenvalue weighted by atomic mass is 9.94. The van der Waals surface area contributed by atoms with E-state index in [1.807, 2.05) is 0 Å². The molecule has 0 fully saturated rings. The van der Waals surface area contributed by atoms with Crippen LogP contribution in [0.2, 0.25) is 0 Å². The molecular weight excluding hydrogens is 256 g/mol. The van der Waals surface area contributed by atoms with E-state index in [9.17, 15) is 0 Å². The Morgan fingerprint density at radius 2 is 2.00 bits per heavy atom. The van der Waals surface area contributed by atoms with Crippen LogP contribution in [0.1, 0.15) is 53.1 Å². The molecule has 0 spiro atoms. The number of nitrogens with two attached hydrogens (primary N) is 1. The van der Waals surface area contributed by atoms with Crippen LogP contribution < -0.4 is 11.3 Å². The molecule has 0 aliphatic carbocycles. The van der Waals surface area contributed by atoms with Crippen LogP contribution in [-0.2, 0) is 0 Å². The standard InChI is InChI=1S/C14H20N4S/c1-8(2)12-14(19-18-17-12)13(16-15)11-7-5-6-9(3)10(11)4/h5-8,13,16H,15H2,1-4H3. The number of hydrogen-bond donors (Lipinski definition) is 2. The summed E-state index contributed by atoms with van der Waals surface area (Å²) < 4.78 is 4.09. The molecule has 0 aliphatic rings. The van der Waals surface area contributed by atoms with E-state index >= 15 is 0 Å². The Hall–Kier alpha value is -1.30. The van der Waals surface area contributed by atoms with E-state index in [4.69, 9.17) is 5.84 Å². The summed E-state index contributed by atoms with van der Waals surface area (Å²) in [6.07, 6.45) is 0. The summed E-state index contributed by atoms with van der Waals surface area (Å²) in [6, 6.07) is 6.24. The molecule has 5 heteroatoms. The summed E-state index contributed by atoms with van der Waals surface area (Å²) in [7, 11) is 0. The number of nitrogens with zero attached hydrogens (tertiary/aromatic N) is 2. The molecule has 3 N–H and O–H groups in total. The van der Waals surface area contributed by atoms with Crippen molar-refractivity contribution in [1.82, 2.24) is 15.0 Å². The maximum atomic E-state index is 5.79. The minimum absolute atomic E-state index is 0.0442. The van der Waals surface area contributed by atoms with Crippen LogP contribution in [0.15, 0.2) is 18.2 Å². The van der Waals surface area contributed by atoms with E-state index in [0.717, 1.165) is 10.6 Å². The molecule has 102 valence electrons. The average molecular weight is 276 g/mol. The molecule has 0 saturated carbocycles. The molecule has 4 nitrogen and oxygen atoms in total. The normalized spacial score (nSPS) is 12.9. The van der Waals surface area contributed by atoms with Crippen LogP contribution >= 0.6 is 11.5 Å². The number of hydrogen-bond acceptors (Lipinski definition) is 5. The Labute approximate surface area is 118 Å². The maximum Gasteiger partial charge on any atom is 0.0840 e. The molecule has 1 atom stereocenters. The van der Waals surface area contributed by atoms with Crippen molar-refractivity contribution >= 4 is 11.5 Å². The smallest absolute Gasteiger partial charge is 0.0840 e. The molecular formula is C14H20N4S. The second-order valence-corrected chi connectivity index (χ2v) is 5.85. The number of rotatable bonds is 4. The topological polar surface area (TPSA) is 63.8 Å². The van der Waals surface area contributed by atoms with Gasteiger partial charge in [-0.1, -0.05) is 36.5 Å². The fourth-order valence-corrected chi connectivity index (χ4v) is 3.09. The van der Waals surface area contributed by atoms with Crippen molar-refractivity contribution < 1.29 is 0 Å². The molecule has 1 unspecified atom stereocenters. The molecule has 0 amide bonds. The molecule has 1 aromatic heterocycles. The van der Waals surface area contributed by atoms with E-state index in [0.29, 0.717) is 5.92 Å². The first-order chi connectivity index (χ1) is 9.06. The van der Waals surface area contributed by atoms with Crippen LogP contribution in [0, 0.1) is 13.8 Å². The van der Waals surface area contributed by atoms with Crippen LogP contribution in [0.25, 0.3) is 0 Å². The van der Waals surface area contributed by atoms with Crippen LogP contribution in [-0.4, -0.2) is 9.59 Å². The van der Waals surface area contributed by atoms with Gasteiger partial charge in [0.2, 0.25) is 0 Å². The molecule has 0 aliphatic heterocycles. The molecule has 19 heavy (non-hydrogen) atoms. The lowest BCUT2D eigenvalue weighted by Gasteiger charge is -2.19. The summed E-state index contributed by atoms with van der Waals surface area (Å²) in [6.45, 7) is 8.48. The van der Waals surface area contributed by atoms with E-state index < -0.39 is 0 Å². The lowest BCUT2D eigenvalue weighted by Crippen LogP contribution is -2.29. The predicted octanol–water partition coefficient (Wildman–Crippen LogP) is 2.83. The zero-order valence-corrected chi connectivity index (χ0v) is 12.6. The van der Waals surface area contributed by atoms with Gasteiger partial charge < -0.3 is 0 Å². The minimum atomic E-state index is -0.0442. The van der Waals surface area contributed by atoms with Gasteiger partial charge in [0, 0.05) is 0 Å². The summed E-state index contributed by atoms with van der Waals surface area (Å²) in [5.41, 5.74) is 7.65. The zero-order valence-electron chi connectivity index (χ0n) is 11.8. The highest BCUT2D eigenvalue weighted by Crippen LogP contribution is 2.32. The second kappa shape index (κ2) is 5.77. The van der Waals surface area contributed by atoms with E-state index in [1.54, 1.807) is 0 Å². The number of aryl methyl sites for hydroxylation is 1. The van der Waals surface area contributed by atoms with Crippen molar-refractivity contribution in [3.05, 3.63) is 45.5 Å². The van der Waals surface area contributed by atoms with Crippen molar-refractivity contribution in [2.45, 2.75) is 39.7 Å². The fourth-order valence-electron chi connectivity index (χ4n) is 2.20. The molecule has 1 heterocycles. The van der Waals surface area contributed by atoms with Crippen LogP contribution in [0.5, 0.6) is 0 Å². The van der Waals surface area contributed by atoms with Gasteiger partial charge >= 0.3 is 0 Å². The van der Waals surface area contributed by atoms with E-state index in [1.165, 1.54) is 28.2 Å². The zero-order chi connectivity index (χ0) is 14.0. The number of hydrazine groups is 1. The largest absolute Gasteiger partial charge is 0.271 e. The van der Waals surface area contributed by atoms with Crippen molar-refractivity contribution in [1.29, 1.82) is 0 Å². The summed E-state index contributed by atoms with van der Waals surface area (Å²) >= 11 is 1.42. The number of benzene rings is 1. The quantitative estimate of drug-likeness (QED) is 0.666. The minimum Gasteiger partial charge on any atom is -0.271 e. The first kappa shape index (κ1) is 14.1. The highest BCUT2D eigenvalue weighted by Gasteiger charge is 2.23. The van der Waals surface area contributed by atoms with Gasteiger partial charge in [-0.15, -0.1) is 5.10 Å². The van der Waals surface area contributed by atoms with Crippen molar-refractivity contribution in [2.75, 3.05) is 0 Å². The average Bonchev–Trinajstić information content (AvgIpc) is 2.85. The van der Waals surface area contributed by atoms with Gasteiger partial charge in [0.1, 0.15) is 0 Å². The van der Waals surface area contributed by atoms with Gasteiger partial charge in [0.05, 0.1) is 16.6 Å². The highest BCUT2D eigenvalue weighted by atomic mass is 32.1. The van der Waals surface area contributed by atoms with Gasteiger partial charge in [0.25, 0.3) is 0 Å². The lowest BCUT2D eigenvalue weighted by molar-refractivity contribution is 0.628. The van der Waals surface area contributed by atoms with Crippen molar-refractivity contribution in [3.63, 3.8) is 0 Å². The van der Waals surface area contributed by atoms with Gasteiger partial charge in [-0.3, -0.25) is 5.84 Å². The Bertz CT molecular complexity index is 562. The second-order valence-electron chi connectivity index (χ2n) is 5.07. The van der Waals surface area contributed by atoms with Gasteiger partial charge in [-0.2, -0.15) is 0 Å². The van der Waals surface area contributed by atoms with Crippen molar-refractivity contribution in [3.8, 4) is 0 Å². The summed E-state index contributed by atoms with van der Waals surface area (Å²) in [5, 5.41) is 4.24. The Balaban J connectivity index is 2.50. The SMILES string of the molecule is Cc1cccc(C(NN)c2snnc2C(C)C)c1C. The van der Waals surface area contributed by atoms with Crippen LogP contribution in [0.3, 0.4) is 0 Å². The van der Waals surface area contributed by atoms with Gasteiger partial charge in [-0.05, 0) is 48.0 Å². The molecule has 2 aromatic rings. The third-order valence-corrected chi connectivity index (χ3v) is 4.28. The monoisotopic (exact) mass is 276 g/mol. The Morgan fingerprint density at radius 3 is 2.63 bits per heavy atom. The first-order valence-corrected chi connectivity index (χ1v) is 7.18. The van der Waals surface area contributed by atoms with E-state index in [2.05, 4.69) is 60.9 Å². The van der Waals surface area contributed by atoms with Gasteiger partial charge in [0.15, 0.2) is 0 Å². The third kappa shape index (κ3) is 2.68. The summed E-state index contributed by atoms with van der Waals surface area (Å²) in [4.78, 5) is 1.10. The molecule has 0 saturated heterocycles. The maximum absolute atomic E-state index is 5.79. The highest BCUT2D eigenvalue weighted by molar-refractivity contribution is 7.05. The summed E-state index contributed by atoms with van der Waals surface area (Å²) in [5.74, 6) is 6.13. The van der Waals surface area contributed by atoms with Crippen molar-refractivity contribution in [2.24, 2.45) is 5.84 Å². The predicted molar refractivity (Wildman–Crippen MR) is 79.1 cm³/mol. The van der Waals surface area contributed by atoms with Crippen LogP contribution in [0.4, 0.5) is 0 Å². The van der Waals surface area contributed by atoms with E-state index in [-0.39, 0.29) is 6.04 Å². The van der Waals surface area contributed by atoms with Gasteiger partial charge in [-0.25, -0.2) is 5.43 Å². The Kier molecular flexibility index (Phi) is 4.29. The molecule has 2 rings (SSSR count). The first-order valence-electron chi connectivity index (χ1n) is 6.40. The molecule has 0 radical (unpaired) electrons.